The van der Waals surface area contributed by atoms with Gasteiger partial charge in [0.15, 0.2) is 0 Å². The number of hydrogen-bond donors (Lipinski definition) is 1. The Bertz CT molecular complexity index is 963. The van der Waals surface area contributed by atoms with Gasteiger partial charge in [-0.3, -0.25) is 9.59 Å². The summed E-state index contributed by atoms with van der Waals surface area (Å²) in [6.07, 6.45) is 0.868. The summed E-state index contributed by atoms with van der Waals surface area (Å²) in [5, 5.41) is 3.01. The minimum absolute atomic E-state index is 0.00816. The number of nitrogens with zero attached hydrogens (tertiary/aromatic N) is 1. The monoisotopic (exact) mass is 442 g/mol. The second-order valence-electron chi connectivity index (χ2n) is 8.48. The SMILES string of the molecule is COc1ccc([C@@H]2CN(C(=O)c3ccccc3F)C[C@H]2C(=O)NCCC(C)C)c(OC)c1. The van der Waals surface area contributed by atoms with Gasteiger partial charge in [0.1, 0.15) is 17.3 Å². The number of likely N-dealkylation sites (tertiary alicyclic amines) is 1. The van der Waals surface area contributed by atoms with Crippen LogP contribution < -0.4 is 14.8 Å². The molecule has 1 saturated heterocycles. The molecule has 6 nitrogen and oxygen atoms in total. The van der Waals surface area contributed by atoms with Crippen molar-refractivity contribution < 1.29 is 23.5 Å². The predicted octanol–water partition coefficient (Wildman–Crippen LogP) is 3.86. The van der Waals surface area contributed by atoms with Gasteiger partial charge in [-0.1, -0.05) is 32.0 Å². The summed E-state index contributed by atoms with van der Waals surface area (Å²) in [6, 6.07) is 11.4. The second-order valence-corrected chi connectivity index (χ2v) is 8.48. The topological polar surface area (TPSA) is 67.9 Å². The molecule has 2 atom stereocenters. The lowest BCUT2D eigenvalue weighted by Crippen LogP contribution is -2.36. The molecule has 0 aliphatic carbocycles. The standard InChI is InChI=1S/C25H31FN2O4/c1-16(2)11-12-27-24(29)21-15-28(25(30)19-7-5-6-8-22(19)26)14-20(21)18-10-9-17(31-3)13-23(18)32-4/h5-10,13,16,20-21H,11-12,14-15H2,1-4H3,(H,27,29)/t20-,21+/m0/s1. The molecule has 0 spiro atoms. The van der Waals surface area contributed by atoms with E-state index < -0.39 is 17.6 Å². The third kappa shape index (κ3) is 5.21. The number of ether oxygens (including phenoxy) is 2. The van der Waals surface area contributed by atoms with Crippen molar-refractivity contribution in [1.29, 1.82) is 0 Å². The van der Waals surface area contributed by atoms with E-state index in [0.717, 1.165) is 12.0 Å². The molecule has 32 heavy (non-hydrogen) atoms. The predicted molar refractivity (Wildman–Crippen MR) is 121 cm³/mol. The number of hydrogen-bond acceptors (Lipinski definition) is 4. The van der Waals surface area contributed by atoms with E-state index in [2.05, 4.69) is 19.2 Å². The van der Waals surface area contributed by atoms with E-state index in [1.165, 1.54) is 12.1 Å². The first-order chi connectivity index (χ1) is 15.3. The van der Waals surface area contributed by atoms with Crippen LogP contribution in [0.3, 0.4) is 0 Å². The van der Waals surface area contributed by atoms with E-state index in [1.54, 1.807) is 37.3 Å². The van der Waals surface area contributed by atoms with Crippen LogP contribution in [0.2, 0.25) is 0 Å². The average Bonchev–Trinajstić information content (AvgIpc) is 3.23. The second kappa shape index (κ2) is 10.5. The number of halogens is 1. The highest BCUT2D eigenvalue weighted by Gasteiger charge is 2.42. The summed E-state index contributed by atoms with van der Waals surface area (Å²) in [5.74, 6) is -0.159. The lowest BCUT2D eigenvalue weighted by Gasteiger charge is -2.21. The Labute approximate surface area is 188 Å². The number of carbonyl (C=O) groups is 2. The van der Waals surface area contributed by atoms with Gasteiger partial charge in [-0.2, -0.15) is 0 Å². The number of rotatable bonds is 8. The molecule has 1 heterocycles. The van der Waals surface area contributed by atoms with Crippen molar-refractivity contribution in [2.24, 2.45) is 11.8 Å². The van der Waals surface area contributed by atoms with Gasteiger partial charge in [0.25, 0.3) is 5.91 Å². The van der Waals surface area contributed by atoms with Gasteiger partial charge in [-0.25, -0.2) is 4.39 Å². The fraction of sp³-hybridized carbons (Fsp3) is 0.440. The molecule has 7 heteroatoms. The molecule has 1 aliphatic rings. The van der Waals surface area contributed by atoms with Gasteiger partial charge >= 0.3 is 0 Å². The molecular weight excluding hydrogens is 411 g/mol. The molecule has 2 aromatic carbocycles. The highest BCUT2D eigenvalue weighted by molar-refractivity contribution is 5.95. The zero-order valence-electron chi connectivity index (χ0n) is 19.1. The smallest absolute Gasteiger partial charge is 0.256 e. The molecule has 172 valence electrons. The molecule has 2 amide bonds. The first kappa shape index (κ1) is 23.6. The highest BCUT2D eigenvalue weighted by Crippen LogP contribution is 2.39. The summed E-state index contributed by atoms with van der Waals surface area (Å²) >= 11 is 0. The molecule has 1 N–H and O–H groups in total. The Morgan fingerprint density at radius 3 is 2.53 bits per heavy atom. The average molecular weight is 443 g/mol. The van der Waals surface area contributed by atoms with Crippen LogP contribution in [0, 0.1) is 17.7 Å². The number of nitrogens with one attached hydrogen (secondary N) is 1. The molecule has 3 rings (SSSR count). The van der Waals surface area contributed by atoms with Crippen molar-refractivity contribution in [3.05, 3.63) is 59.4 Å². The summed E-state index contributed by atoms with van der Waals surface area (Å²) in [4.78, 5) is 27.7. The minimum atomic E-state index is -0.569. The Balaban J connectivity index is 1.90. The number of methoxy groups -OCH3 is 2. The highest BCUT2D eigenvalue weighted by atomic mass is 19.1. The first-order valence-electron chi connectivity index (χ1n) is 10.9. The molecule has 0 bridgehead atoms. The maximum absolute atomic E-state index is 14.3. The summed E-state index contributed by atoms with van der Waals surface area (Å²) in [5.41, 5.74) is 0.829. The van der Waals surface area contributed by atoms with Gasteiger partial charge in [-0.15, -0.1) is 0 Å². The van der Waals surface area contributed by atoms with E-state index in [0.29, 0.717) is 24.0 Å². The Hall–Kier alpha value is -3.09. The van der Waals surface area contributed by atoms with Gasteiger partial charge in [-0.05, 0) is 30.5 Å². The molecule has 0 unspecified atom stereocenters. The molecule has 0 radical (unpaired) electrons. The van der Waals surface area contributed by atoms with Crippen LogP contribution in [0.5, 0.6) is 11.5 Å². The summed E-state index contributed by atoms with van der Waals surface area (Å²) < 4.78 is 25.1. The third-order valence-corrected chi connectivity index (χ3v) is 5.91. The Kier molecular flexibility index (Phi) is 7.72. The quantitative estimate of drug-likeness (QED) is 0.674. The lowest BCUT2D eigenvalue weighted by atomic mass is 9.87. The molecule has 0 aromatic heterocycles. The van der Waals surface area contributed by atoms with Gasteiger partial charge < -0.3 is 19.7 Å². The van der Waals surface area contributed by atoms with Gasteiger partial charge in [0.05, 0.1) is 25.7 Å². The molecular formula is C25H31FN2O4. The molecule has 1 aliphatic heterocycles. The lowest BCUT2D eigenvalue weighted by molar-refractivity contribution is -0.124. The van der Waals surface area contributed by atoms with Crippen molar-refractivity contribution in [2.75, 3.05) is 33.9 Å². The van der Waals surface area contributed by atoms with Crippen LogP contribution in [0.25, 0.3) is 0 Å². The van der Waals surface area contributed by atoms with Crippen LogP contribution in [0.4, 0.5) is 4.39 Å². The molecule has 2 aromatic rings. The van der Waals surface area contributed by atoms with Crippen LogP contribution in [-0.4, -0.2) is 50.6 Å². The van der Waals surface area contributed by atoms with E-state index in [-0.39, 0.29) is 30.5 Å². The van der Waals surface area contributed by atoms with Crippen molar-refractivity contribution in [1.82, 2.24) is 10.2 Å². The maximum atomic E-state index is 14.3. The number of benzene rings is 2. The van der Waals surface area contributed by atoms with Crippen LogP contribution in [-0.2, 0) is 4.79 Å². The molecule has 0 saturated carbocycles. The Morgan fingerprint density at radius 1 is 1.12 bits per heavy atom. The number of carbonyl (C=O) groups excluding carboxylic acids is 2. The fourth-order valence-corrected chi connectivity index (χ4v) is 4.10. The van der Waals surface area contributed by atoms with Crippen LogP contribution >= 0.6 is 0 Å². The zero-order chi connectivity index (χ0) is 23.3. The fourth-order valence-electron chi connectivity index (χ4n) is 4.10. The van der Waals surface area contributed by atoms with Gasteiger partial charge in [0.2, 0.25) is 5.91 Å². The largest absolute Gasteiger partial charge is 0.497 e. The van der Waals surface area contributed by atoms with E-state index in [4.69, 9.17) is 9.47 Å². The van der Waals surface area contributed by atoms with Gasteiger partial charge in [0, 0.05) is 37.2 Å². The van der Waals surface area contributed by atoms with Crippen LogP contribution in [0.15, 0.2) is 42.5 Å². The van der Waals surface area contributed by atoms with Crippen molar-refractivity contribution in [3.63, 3.8) is 0 Å². The maximum Gasteiger partial charge on any atom is 0.256 e. The Morgan fingerprint density at radius 2 is 1.88 bits per heavy atom. The summed E-state index contributed by atoms with van der Waals surface area (Å²) in [6.45, 7) is 5.27. The van der Waals surface area contributed by atoms with E-state index in [9.17, 15) is 14.0 Å². The van der Waals surface area contributed by atoms with E-state index in [1.807, 2.05) is 12.1 Å². The minimum Gasteiger partial charge on any atom is -0.497 e. The number of amides is 2. The third-order valence-electron chi connectivity index (χ3n) is 5.91. The van der Waals surface area contributed by atoms with Crippen molar-refractivity contribution in [3.8, 4) is 11.5 Å². The first-order valence-corrected chi connectivity index (χ1v) is 10.9. The van der Waals surface area contributed by atoms with E-state index >= 15 is 0 Å². The molecule has 1 fully saturated rings. The zero-order valence-corrected chi connectivity index (χ0v) is 19.1. The van der Waals surface area contributed by atoms with Crippen molar-refractivity contribution in [2.45, 2.75) is 26.2 Å². The van der Waals surface area contributed by atoms with Crippen molar-refractivity contribution >= 4 is 11.8 Å². The normalized spacial score (nSPS) is 18.0. The van der Waals surface area contributed by atoms with Crippen LogP contribution in [0.1, 0.15) is 42.1 Å². The summed E-state index contributed by atoms with van der Waals surface area (Å²) in [7, 11) is 3.14.